The van der Waals surface area contributed by atoms with E-state index >= 15 is 0 Å². The monoisotopic (exact) mass is 498 g/mol. The zero-order valence-electron chi connectivity index (χ0n) is 21.0. The Morgan fingerprint density at radius 1 is 0.462 bits per heavy atom. The summed E-state index contributed by atoms with van der Waals surface area (Å²) in [5.41, 5.74) is 5.86. The molecule has 0 saturated carbocycles. The second kappa shape index (κ2) is 8.61. The van der Waals surface area contributed by atoms with Gasteiger partial charge in [-0.25, -0.2) is 9.97 Å². The third-order valence-electron chi connectivity index (χ3n) is 7.50. The molecule has 0 amide bonds. The van der Waals surface area contributed by atoms with Gasteiger partial charge in [0.25, 0.3) is 0 Å². The van der Waals surface area contributed by atoms with E-state index in [-0.39, 0.29) is 0 Å². The largest absolute Gasteiger partial charge is 0.292 e. The van der Waals surface area contributed by atoms with Crippen LogP contribution in [0, 0.1) is 0 Å². The molecule has 0 unspecified atom stereocenters. The average Bonchev–Trinajstić information content (AvgIpc) is 3.35. The number of hydrogen-bond donors (Lipinski definition) is 0. The van der Waals surface area contributed by atoms with Crippen molar-refractivity contribution in [1.29, 1.82) is 0 Å². The van der Waals surface area contributed by atoms with Crippen LogP contribution in [0.25, 0.3) is 71.8 Å². The van der Waals surface area contributed by atoms with E-state index in [2.05, 4.69) is 113 Å². The van der Waals surface area contributed by atoms with Crippen molar-refractivity contribution in [2.75, 3.05) is 0 Å². The predicted molar refractivity (Wildman–Crippen MR) is 160 cm³/mol. The molecule has 0 aliphatic heterocycles. The lowest BCUT2D eigenvalue weighted by molar-refractivity contribution is 1.07. The molecule has 0 fully saturated rings. The van der Waals surface area contributed by atoms with Crippen molar-refractivity contribution < 1.29 is 0 Å². The molecular weight excluding hydrogens is 476 g/mol. The van der Waals surface area contributed by atoms with Crippen molar-refractivity contribution in [1.82, 2.24) is 19.5 Å². The first-order valence-corrected chi connectivity index (χ1v) is 13.0. The summed E-state index contributed by atoms with van der Waals surface area (Å²) < 4.78 is 2.18. The first-order chi connectivity index (χ1) is 19.3. The maximum atomic E-state index is 5.13. The number of aromatic nitrogens is 4. The van der Waals surface area contributed by atoms with Gasteiger partial charge in [-0.3, -0.25) is 9.55 Å². The Hall–Kier alpha value is -5.35. The minimum atomic E-state index is 0.828. The van der Waals surface area contributed by atoms with Crippen molar-refractivity contribution in [3.05, 3.63) is 134 Å². The SMILES string of the molecule is c1cc(-c2cccc(-n3c4ccccc4c4ccncc43)n2)nc(-c2cc3ccccc3c3ccccc23)c1. The van der Waals surface area contributed by atoms with Gasteiger partial charge in [0.05, 0.1) is 34.3 Å². The third-order valence-corrected chi connectivity index (χ3v) is 7.50. The summed E-state index contributed by atoms with van der Waals surface area (Å²) in [6, 6.07) is 42.1. The zero-order chi connectivity index (χ0) is 25.8. The Bertz CT molecular complexity index is 2140. The zero-order valence-corrected chi connectivity index (χ0v) is 21.0. The summed E-state index contributed by atoms with van der Waals surface area (Å²) >= 11 is 0. The molecule has 0 saturated heterocycles. The summed E-state index contributed by atoms with van der Waals surface area (Å²) in [5, 5.41) is 7.24. The molecule has 39 heavy (non-hydrogen) atoms. The molecule has 4 heterocycles. The molecule has 4 nitrogen and oxygen atoms in total. The van der Waals surface area contributed by atoms with Crippen molar-refractivity contribution in [3.63, 3.8) is 0 Å². The highest BCUT2D eigenvalue weighted by Gasteiger charge is 2.15. The summed E-state index contributed by atoms with van der Waals surface area (Å²) in [6.07, 6.45) is 3.75. The van der Waals surface area contributed by atoms with E-state index < -0.39 is 0 Å². The van der Waals surface area contributed by atoms with E-state index in [4.69, 9.17) is 9.97 Å². The molecule has 4 aromatic carbocycles. The van der Waals surface area contributed by atoms with Crippen LogP contribution < -0.4 is 0 Å². The van der Waals surface area contributed by atoms with Crippen molar-refractivity contribution >= 4 is 43.4 Å². The maximum Gasteiger partial charge on any atom is 0.138 e. The number of fused-ring (bicyclic) bond motifs is 6. The summed E-state index contributed by atoms with van der Waals surface area (Å²) in [7, 11) is 0. The molecule has 182 valence electrons. The van der Waals surface area contributed by atoms with E-state index in [1.54, 1.807) is 0 Å². The molecule has 4 aromatic heterocycles. The topological polar surface area (TPSA) is 43.6 Å². The standard InChI is InChI=1S/C35H22N4/c1-2-10-24-23(9-1)21-29(26-12-4-3-11-25(24)26)30-14-7-15-31(37-30)32-16-8-18-35(38-32)39-33-17-6-5-13-27(33)28-19-20-36-22-34(28)39/h1-22H. The minimum Gasteiger partial charge on any atom is -0.292 e. The van der Waals surface area contributed by atoms with Crippen LogP contribution in [0.1, 0.15) is 0 Å². The number of hydrogen-bond acceptors (Lipinski definition) is 3. The molecule has 0 atom stereocenters. The van der Waals surface area contributed by atoms with Crippen LogP contribution in [0.2, 0.25) is 0 Å². The summed E-state index contributed by atoms with van der Waals surface area (Å²) in [6.45, 7) is 0. The van der Waals surface area contributed by atoms with Gasteiger partial charge >= 0.3 is 0 Å². The number of benzene rings is 4. The van der Waals surface area contributed by atoms with Crippen LogP contribution in [0.4, 0.5) is 0 Å². The summed E-state index contributed by atoms with van der Waals surface area (Å²) in [5.74, 6) is 0.843. The average molecular weight is 499 g/mol. The number of para-hydroxylation sites is 1. The predicted octanol–water partition coefficient (Wildman–Crippen LogP) is 8.61. The first-order valence-electron chi connectivity index (χ1n) is 13.0. The van der Waals surface area contributed by atoms with Gasteiger partial charge in [0, 0.05) is 22.5 Å². The van der Waals surface area contributed by atoms with Gasteiger partial charge in [0.1, 0.15) is 5.82 Å². The smallest absolute Gasteiger partial charge is 0.138 e. The Labute approximate surface area is 224 Å². The van der Waals surface area contributed by atoms with Crippen LogP contribution in [-0.2, 0) is 0 Å². The normalized spacial score (nSPS) is 11.6. The Balaban J connectivity index is 1.30. The van der Waals surface area contributed by atoms with Gasteiger partial charge < -0.3 is 0 Å². The van der Waals surface area contributed by atoms with E-state index in [0.717, 1.165) is 44.9 Å². The highest BCUT2D eigenvalue weighted by Crippen LogP contribution is 2.35. The van der Waals surface area contributed by atoms with Gasteiger partial charge in [-0.05, 0) is 64.0 Å². The van der Waals surface area contributed by atoms with Crippen LogP contribution >= 0.6 is 0 Å². The number of rotatable bonds is 3. The molecule has 0 radical (unpaired) electrons. The van der Waals surface area contributed by atoms with Gasteiger partial charge in [-0.15, -0.1) is 0 Å². The molecule has 0 aliphatic rings. The van der Waals surface area contributed by atoms with Gasteiger partial charge in [0.15, 0.2) is 0 Å². The lowest BCUT2D eigenvalue weighted by atomic mass is 9.95. The number of nitrogens with zero attached hydrogens (tertiary/aromatic N) is 4. The van der Waals surface area contributed by atoms with Crippen molar-refractivity contribution in [2.24, 2.45) is 0 Å². The van der Waals surface area contributed by atoms with Crippen LogP contribution in [0.15, 0.2) is 134 Å². The van der Waals surface area contributed by atoms with Gasteiger partial charge in [-0.2, -0.15) is 0 Å². The van der Waals surface area contributed by atoms with Crippen LogP contribution in [0.3, 0.4) is 0 Å². The second-order valence-corrected chi connectivity index (χ2v) is 9.73. The fourth-order valence-electron chi connectivity index (χ4n) is 5.75. The molecule has 0 spiro atoms. The molecular formula is C35H22N4. The van der Waals surface area contributed by atoms with E-state index in [1.165, 1.54) is 26.9 Å². The molecule has 8 rings (SSSR count). The second-order valence-electron chi connectivity index (χ2n) is 9.73. The third kappa shape index (κ3) is 3.42. The lowest BCUT2D eigenvalue weighted by Crippen LogP contribution is -1.99. The number of pyridine rings is 3. The van der Waals surface area contributed by atoms with Crippen molar-refractivity contribution in [3.8, 4) is 28.5 Å². The van der Waals surface area contributed by atoms with E-state index in [9.17, 15) is 0 Å². The molecule has 0 aliphatic carbocycles. The highest BCUT2D eigenvalue weighted by atomic mass is 15.1. The van der Waals surface area contributed by atoms with Gasteiger partial charge in [-0.1, -0.05) is 78.9 Å². The Morgan fingerprint density at radius 2 is 1.13 bits per heavy atom. The fraction of sp³-hybridized carbons (Fsp3) is 0. The Kier molecular flexibility index (Phi) is 4.79. The van der Waals surface area contributed by atoms with Crippen LogP contribution in [0.5, 0.6) is 0 Å². The van der Waals surface area contributed by atoms with Crippen LogP contribution in [-0.4, -0.2) is 19.5 Å². The minimum absolute atomic E-state index is 0.828. The summed E-state index contributed by atoms with van der Waals surface area (Å²) in [4.78, 5) is 14.6. The molecule has 0 N–H and O–H groups in total. The Morgan fingerprint density at radius 3 is 2.03 bits per heavy atom. The molecule has 0 bridgehead atoms. The van der Waals surface area contributed by atoms with E-state index in [1.807, 2.05) is 30.6 Å². The maximum absolute atomic E-state index is 5.13. The first kappa shape index (κ1) is 21.7. The van der Waals surface area contributed by atoms with Crippen molar-refractivity contribution in [2.45, 2.75) is 0 Å². The molecule has 4 heteroatoms. The van der Waals surface area contributed by atoms with Gasteiger partial charge in [0.2, 0.25) is 0 Å². The van der Waals surface area contributed by atoms with E-state index in [0.29, 0.717) is 0 Å². The quantitative estimate of drug-likeness (QED) is 0.229. The highest BCUT2D eigenvalue weighted by molar-refractivity contribution is 6.13. The fourth-order valence-corrected chi connectivity index (χ4v) is 5.75. The molecule has 8 aromatic rings. The lowest BCUT2D eigenvalue weighted by Gasteiger charge is -2.12.